The zero-order valence-corrected chi connectivity index (χ0v) is 9.11. The summed E-state index contributed by atoms with van der Waals surface area (Å²) in [6.45, 7) is 1.44. The van der Waals surface area contributed by atoms with E-state index in [2.05, 4.69) is 4.98 Å². The largest absolute Gasteiger partial charge is 0.281 e. The van der Waals surface area contributed by atoms with Gasteiger partial charge in [-0.1, -0.05) is 11.6 Å². The van der Waals surface area contributed by atoms with Crippen molar-refractivity contribution < 1.29 is 17.2 Å². The van der Waals surface area contributed by atoms with Gasteiger partial charge in [-0.3, -0.25) is 0 Å². The van der Waals surface area contributed by atoms with E-state index in [9.17, 15) is 17.2 Å². The lowest BCUT2D eigenvalue weighted by Gasteiger charge is -2.08. The molecular weight excluding hydrogens is 250 g/mol. The lowest BCUT2D eigenvalue weighted by atomic mass is 10.3. The summed E-state index contributed by atoms with van der Waals surface area (Å²) < 4.78 is 46.8. The second kappa shape index (κ2) is 3.99. The molecule has 1 aromatic heterocycles. The van der Waals surface area contributed by atoms with Crippen molar-refractivity contribution in [2.75, 3.05) is 0 Å². The number of sulfonamides is 1. The summed E-state index contributed by atoms with van der Waals surface area (Å²) in [4.78, 5) is 2.60. The Morgan fingerprint density at radius 3 is 2.47 bits per heavy atom. The van der Waals surface area contributed by atoms with Crippen LogP contribution in [0.5, 0.6) is 0 Å². The molecule has 0 aliphatic carbocycles. The molecule has 4 nitrogen and oxygen atoms in total. The normalized spacial score (nSPS) is 12.1. The first-order chi connectivity index (χ1) is 6.73. The average Bonchev–Trinajstić information content (AvgIpc) is 2.06. The minimum Gasteiger partial charge on any atom is -0.233 e. The maximum absolute atomic E-state index is 12.4. The highest BCUT2D eigenvalue weighted by molar-refractivity contribution is 7.89. The molecule has 1 heterocycles. The number of rotatable bonds is 2. The van der Waals surface area contributed by atoms with Crippen molar-refractivity contribution in [3.05, 3.63) is 22.5 Å². The van der Waals surface area contributed by atoms with Crippen molar-refractivity contribution >= 4 is 21.6 Å². The number of aromatic nitrogens is 1. The van der Waals surface area contributed by atoms with Crippen LogP contribution in [0.15, 0.2) is 11.0 Å². The summed E-state index contributed by atoms with van der Waals surface area (Å²) in [5.41, 5.74) is -0.654. The highest BCUT2D eigenvalue weighted by Crippen LogP contribution is 2.27. The number of nitrogens with two attached hydrogens (primary N) is 1. The van der Waals surface area contributed by atoms with Crippen molar-refractivity contribution in [2.24, 2.45) is 5.14 Å². The smallest absolute Gasteiger partial charge is 0.233 e. The third-order valence-electron chi connectivity index (χ3n) is 1.66. The zero-order valence-electron chi connectivity index (χ0n) is 7.54. The number of hydrogen-bond donors (Lipinski definition) is 1. The van der Waals surface area contributed by atoms with E-state index in [4.69, 9.17) is 16.7 Å². The third kappa shape index (κ3) is 2.61. The molecule has 0 aromatic carbocycles. The SMILES string of the molecule is Cc1cc(S(N)(=O)=O)c(C(F)F)nc1Cl. The molecule has 0 radical (unpaired) electrons. The van der Waals surface area contributed by atoms with Gasteiger partial charge in [0.1, 0.15) is 15.7 Å². The van der Waals surface area contributed by atoms with Gasteiger partial charge in [0, 0.05) is 0 Å². The van der Waals surface area contributed by atoms with Crippen molar-refractivity contribution in [1.29, 1.82) is 0 Å². The molecule has 0 unspecified atom stereocenters. The molecule has 1 aromatic rings. The summed E-state index contributed by atoms with van der Waals surface area (Å²) in [6, 6.07) is 0.978. The Labute approximate surface area is 90.1 Å². The summed E-state index contributed by atoms with van der Waals surface area (Å²) in [6.07, 6.45) is -3.04. The van der Waals surface area contributed by atoms with Crippen LogP contribution in [0.2, 0.25) is 5.15 Å². The van der Waals surface area contributed by atoms with Crippen molar-refractivity contribution in [3.63, 3.8) is 0 Å². The summed E-state index contributed by atoms with van der Waals surface area (Å²) >= 11 is 5.50. The Kier molecular flexibility index (Phi) is 3.27. The number of hydrogen-bond acceptors (Lipinski definition) is 3. The Morgan fingerprint density at radius 2 is 2.07 bits per heavy atom. The summed E-state index contributed by atoms with van der Waals surface area (Å²) in [5, 5.41) is 4.60. The van der Waals surface area contributed by atoms with Crippen LogP contribution in [-0.2, 0) is 10.0 Å². The molecular formula is C7H7ClF2N2O2S. The fourth-order valence-electron chi connectivity index (χ4n) is 0.963. The van der Waals surface area contributed by atoms with Crippen LogP contribution in [0, 0.1) is 6.92 Å². The number of alkyl halides is 2. The molecule has 0 bridgehead atoms. The van der Waals surface area contributed by atoms with Crippen LogP contribution in [0.4, 0.5) is 8.78 Å². The molecule has 0 aliphatic heterocycles. The van der Waals surface area contributed by atoms with E-state index in [0.29, 0.717) is 0 Å². The molecule has 0 amide bonds. The van der Waals surface area contributed by atoms with Gasteiger partial charge < -0.3 is 0 Å². The van der Waals surface area contributed by atoms with Crippen molar-refractivity contribution in [3.8, 4) is 0 Å². The Balaban J connectivity index is 3.56. The van der Waals surface area contributed by atoms with Gasteiger partial charge in [-0.2, -0.15) is 0 Å². The molecule has 0 saturated carbocycles. The van der Waals surface area contributed by atoms with Gasteiger partial charge in [0.05, 0.1) is 0 Å². The Hall–Kier alpha value is -0.790. The van der Waals surface area contributed by atoms with Gasteiger partial charge >= 0.3 is 0 Å². The average molecular weight is 257 g/mol. The van der Waals surface area contributed by atoms with Crippen LogP contribution < -0.4 is 5.14 Å². The predicted molar refractivity (Wildman–Crippen MR) is 50.3 cm³/mol. The van der Waals surface area contributed by atoms with E-state index in [1.54, 1.807) is 0 Å². The fraction of sp³-hybridized carbons (Fsp3) is 0.286. The minimum atomic E-state index is -4.22. The Morgan fingerprint density at radius 1 is 1.53 bits per heavy atom. The van der Waals surface area contributed by atoms with E-state index in [1.165, 1.54) is 6.92 Å². The molecule has 84 valence electrons. The quantitative estimate of drug-likeness (QED) is 0.818. The first-order valence-electron chi connectivity index (χ1n) is 3.71. The predicted octanol–water partition coefficient (Wildman–Crippen LogP) is 1.63. The van der Waals surface area contributed by atoms with Crippen LogP contribution in [0.1, 0.15) is 17.7 Å². The zero-order chi connectivity index (χ0) is 11.8. The maximum atomic E-state index is 12.4. The van der Waals surface area contributed by atoms with E-state index in [-0.39, 0.29) is 10.7 Å². The number of nitrogens with zero attached hydrogens (tertiary/aromatic N) is 1. The molecule has 1 rings (SSSR count). The van der Waals surface area contributed by atoms with E-state index < -0.39 is 27.0 Å². The monoisotopic (exact) mass is 256 g/mol. The van der Waals surface area contributed by atoms with Crippen LogP contribution in [0.3, 0.4) is 0 Å². The van der Waals surface area contributed by atoms with E-state index in [0.717, 1.165) is 6.07 Å². The van der Waals surface area contributed by atoms with Gasteiger partial charge in [-0.05, 0) is 18.6 Å². The van der Waals surface area contributed by atoms with Gasteiger partial charge in [0.2, 0.25) is 10.0 Å². The first-order valence-corrected chi connectivity index (χ1v) is 5.64. The number of primary sulfonamides is 1. The number of halogens is 3. The van der Waals surface area contributed by atoms with E-state index in [1.807, 2.05) is 0 Å². The second-order valence-electron chi connectivity index (χ2n) is 2.83. The lowest BCUT2D eigenvalue weighted by molar-refractivity contribution is 0.142. The summed E-state index contributed by atoms with van der Waals surface area (Å²) in [7, 11) is -4.22. The van der Waals surface area contributed by atoms with Gasteiger partial charge in [0.15, 0.2) is 0 Å². The van der Waals surface area contributed by atoms with Crippen LogP contribution in [-0.4, -0.2) is 13.4 Å². The molecule has 0 fully saturated rings. The van der Waals surface area contributed by atoms with Gasteiger partial charge in [-0.15, -0.1) is 0 Å². The standard InChI is InChI=1S/C7H7ClF2N2O2S/c1-3-2-4(15(11,13)14)5(7(9)10)12-6(3)8/h2,7H,1H3,(H2,11,13,14). The lowest BCUT2D eigenvalue weighted by Crippen LogP contribution is -2.16. The maximum Gasteiger partial charge on any atom is 0.281 e. The van der Waals surface area contributed by atoms with Crippen LogP contribution >= 0.6 is 11.6 Å². The molecule has 0 saturated heterocycles. The molecule has 0 aliphatic rings. The third-order valence-corrected chi connectivity index (χ3v) is 2.98. The highest BCUT2D eigenvalue weighted by atomic mass is 35.5. The van der Waals surface area contributed by atoms with Gasteiger partial charge in [0.25, 0.3) is 6.43 Å². The number of aryl methyl sites for hydroxylation is 1. The molecule has 0 atom stereocenters. The topological polar surface area (TPSA) is 73.1 Å². The van der Waals surface area contributed by atoms with Crippen LogP contribution in [0.25, 0.3) is 0 Å². The summed E-state index contributed by atoms with van der Waals surface area (Å²) in [5.74, 6) is 0. The van der Waals surface area contributed by atoms with Crippen molar-refractivity contribution in [2.45, 2.75) is 18.2 Å². The second-order valence-corrected chi connectivity index (χ2v) is 4.71. The molecule has 2 N–H and O–H groups in total. The molecule has 15 heavy (non-hydrogen) atoms. The molecule has 8 heteroatoms. The first kappa shape index (κ1) is 12.3. The molecule has 0 spiro atoms. The Bertz CT molecular complexity index is 490. The fourth-order valence-corrected chi connectivity index (χ4v) is 1.88. The van der Waals surface area contributed by atoms with Gasteiger partial charge in [-0.25, -0.2) is 27.3 Å². The minimum absolute atomic E-state index is 0.169. The highest BCUT2D eigenvalue weighted by Gasteiger charge is 2.23. The number of pyridine rings is 1. The van der Waals surface area contributed by atoms with Crippen molar-refractivity contribution in [1.82, 2.24) is 4.98 Å². The van der Waals surface area contributed by atoms with E-state index >= 15 is 0 Å².